The minimum atomic E-state index is -0.217. The van der Waals surface area contributed by atoms with Crippen LogP contribution < -0.4 is 14.8 Å². The molecule has 1 aromatic carbocycles. The lowest BCUT2D eigenvalue weighted by atomic mass is 10.0. The second-order valence-electron chi connectivity index (χ2n) is 7.49. The van der Waals surface area contributed by atoms with Crippen molar-refractivity contribution in [2.24, 2.45) is 0 Å². The molecule has 0 aliphatic carbocycles. The molecule has 0 fully saturated rings. The number of fused-ring (bicyclic) bond motifs is 1. The molecule has 7 nitrogen and oxygen atoms in total. The zero-order valence-electron chi connectivity index (χ0n) is 18.0. The minimum absolute atomic E-state index is 0.158. The monoisotopic (exact) mass is 396 g/mol. The summed E-state index contributed by atoms with van der Waals surface area (Å²) in [5.74, 6) is 1.14. The third kappa shape index (κ3) is 3.90. The quantitative estimate of drug-likeness (QED) is 0.678. The maximum atomic E-state index is 13.1. The van der Waals surface area contributed by atoms with E-state index in [2.05, 4.69) is 15.4 Å². The van der Waals surface area contributed by atoms with Gasteiger partial charge in [-0.3, -0.25) is 4.79 Å². The van der Waals surface area contributed by atoms with Crippen LogP contribution >= 0.6 is 0 Å². The molecule has 0 aliphatic rings. The number of ether oxygens (including phenoxy) is 2. The van der Waals surface area contributed by atoms with E-state index in [0.29, 0.717) is 17.1 Å². The lowest BCUT2D eigenvalue weighted by Crippen LogP contribution is -2.27. The number of rotatable bonds is 6. The predicted molar refractivity (Wildman–Crippen MR) is 113 cm³/mol. The van der Waals surface area contributed by atoms with Crippen LogP contribution in [0.3, 0.4) is 0 Å². The van der Waals surface area contributed by atoms with Gasteiger partial charge in [-0.05, 0) is 63.9 Å². The zero-order chi connectivity index (χ0) is 21.3. The van der Waals surface area contributed by atoms with Crippen molar-refractivity contribution < 1.29 is 14.3 Å². The smallest absolute Gasteiger partial charge is 0.252 e. The summed E-state index contributed by atoms with van der Waals surface area (Å²) in [6.45, 7) is 9.91. The van der Waals surface area contributed by atoms with Crippen LogP contribution in [-0.2, 0) is 0 Å². The van der Waals surface area contributed by atoms with Gasteiger partial charge in [-0.15, -0.1) is 0 Å². The highest BCUT2D eigenvalue weighted by molar-refractivity contribution is 6.05. The number of carbonyl (C=O) groups is 1. The highest BCUT2D eigenvalue weighted by Crippen LogP contribution is 2.33. The second-order valence-corrected chi connectivity index (χ2v) is 7.49. The van der Waals surface area contributed by atoms with Crippen molar-refractivity contribution in [3.05, 3.63) is 46.8 Å². The van der Waals surface area contributed by atoms with Crippen molar-refractivity contribution in [1.29, 1.82) is 0 Å². The first kappa shape index (κ1) is 20.6. The summed E-state index contributed by atoms with van der Waals surface area (Å²) in [6, 6.07) is 5.57. The number of hydrogen-bond donors (Lipinski definition) is 1. The average molecular weight is 396 g/mol. The van der Waals surface area contributed by atoms with Crippen LogP contribution in [0.15, 0.2) is 24.4 Å². The molecule has 0 saturated heterocycles. The van der Waals surface area contributed by atoms with E-state index in [0.717, 1.165) is 27.9 Å². The fourth-order valence-electron chi connectivity index (χ4n) is 3.52. The van der Waals surface area contributed by atoms with Gasteiger partial charge in [-0.2, -0.15) is 5.10 Å². The molecule has 7 heteroatoms. The van der Waals surface area contributed by atoms with E-state index in [1.54, 1.807) is 26.5 Å². The normalized spacial score (nSPS) is 12.3. The summed E-state index contributed by atoms with van der Waals surface area (Å²) < 4.78 is 12.6. The molecule has 3 rings (SSSR count). The number of amides is 1. The first-order valence-corrected chi connectivity index (χ1v) is 9.65. The summed E-state index contributed by atoms with van der Waals surface area (Å²) in [6.07, 6.45) is 1.71. The zero-order valence-corrected chi connectivity index (χ0v) is 18.0. The van der Waals surface area contributed by atoms with Gasteiger partial charge in [-0.1, -0.05) is 0 Å². The van der Waals surface area contributed by atoms with Crippen LogP contribution in [0.25, 0.3) is 11.0 Å². The molecule has 29 heavy (non-hydrogen) atoms. The number of nitrogens with one attached hydrogen (secondary N) is 1. The van der Waals surface area contributed by atoms with Crippen molar-refractivity contribution in [3.63, 3.8) is 0 Å². The number of aryl methyl sites for hydroxylation is 2. The molecule has 1 atom stereocenters. The van der Waals surface area contributed by atoms with E-state index in [4.69, 9.17) is 9.47 Å². The van der Waals surface area contributed by atoms with Gasteiger partial charge in [0.15, 0.2) is 17.1 Å². The maximum Gasteiger partial charge on any atom is 0.252 e. The van der Waals surface area contributed by atoms with Crippen molar-refractivity contribution in [3.8, 4) is 11.5 Å². The van der Waals surface area contributed by atoms with E-state index in [1.807, 2.05) is 51.4 Å². The molecule has 1 amide bonds. The Morgan fingerprint density at radius 1 is 1.07 bits per heavy atom. The Hall–Kier alpha value is -3.09. The number of benzene rings is 1. The standard InChI is InChI=1S/C22H28N4O3/c1-12(2)26-21-18(11-23-26)17(9-14(4)24-21)22(27)25-15(5)16-10-20(29-7)19(28-6)8-13(16)3/h8-12,15H,1-7H3,(H,25,27). The predicted octanol–water partition coefficient (Wildman–Crippen LogP) is 4.14. The topological polar surface area (TPSA) is 78.3 Å². The number of methoxy groups -OCH3 is 2. The summed E-state index contributed by atoms with van der Waals surface area (Å²) in [5, 5.41) is 8.26. The van der Waals surface area contributed by atoms with Gasteiger partial charge < -0.3 is 14.8 Å². The van der Waals surface area contributed by atoms with Crippen molar-refractivity contribution in [2.75, 3.05) is 14.2 Å². The number of nitrogens with zero attached hydrogens (tertiary/aromatic N) is 3. The Labute approximate surface area is 171 Å². The van der Waals surface area contributed by atoms with Gasteiger partial charge in [0.1, 0.15) is 0 Å². The minimum Gasteiger partial charge on any atom is -0.493 e. The molecule has 2 aromatic heterocycles. The molecular formula is C22H28N4O3. The summed E-state index contributed by atoms with van der Waals surface area (Å²) in [7, 11) is 3.21. The van der Waals surface area contributed by atoms with Crippen LogP contribution in [0, 0.1) is 13.8 Å². The summed E-state index contributed by atoms with van der Waals surface area (Å²) in [4.78, 5) is 17.7. The van der Waals surface area contributed by atoms with Gasteiger partial charge in [-0.25, -0.2) is 9.67 Å². The Kier molecular flexibility index (Phi) is 5.77. The molecule has 0 spiro atoms. The highest BCUT2D eigenvalue weighted by atomic mass is 16.5. The Balaban J connectivity index is 1.95. The molecular weight excluding hydrogens is 368 g/mol. The molecule has 0 radical (unpaired) electrons. The van der Waals surface area contributed by atoms with Crippen LogP contribution in [0.2, 0.25) is 0 Å². The third-order valence-electron chi connectivity index (χ3n) is 5.01. The first-order valence-electron chi connectivity index (χ1n) is 9.65. The first-order chi connectivity index (χ1) is 13.8. The SMILES string of the molecule is COc1cc(C)c(C(C)NC(=O)c2cc(C)nc3c2cnn3C(C)C)cc1OC. The number of carbonyl (C=O) groups excluding carboxylic acids is 1. The average Bonchev–Trinajstić information content (AvgIpc) is 3.10. The van der Waals surface area contributed by atoms with Crippen molar-refractivity contribution in [1.82, 2.24) is 20.1 Å². The Morgan fingerprint density at radius 2 is 1.72 bits per heavy atom. The fourth-order valence-corrected chi connectivity index (χ4v) is 3.52. The van der Waals surface area contributed by atoms with Gasteiger partial charge in [0.25, 0.3) is 5.91 Å². The van der Waals surface area contributed by atoms with Crippen molar-refractivity contribution in [2.45, 2.75) is 46.7 Å². The van der Waals surface area contributed by atoms with Gasteiger partial charge in [0, 0.05) is 11.7 Å². The molecule has 1 N–H and O–H groups in total. The lowest BCUT2D eigenvalue weighted by Gasteiger charge is -2.19. The molecule has 3 aromatic rings. The number of hydrogen-bond acceptors (Lipinski definition) is 5. The lowest BCUT2D eigenvalue weighted by molar-refractivity contribution is 0.0941. The van der Waals surface area contributed by atoms with E-state index in [9.17, 15) is 4.79 Å². The van der Waals surface area contributed by atoms with Gasteiger partial charge >= 0.3 is 0 Å². The van der Waals surface area contributed by atoms with Crippen LogP contribution in [-0.4, -0.2) is 34.9 Å². The Morgan fingerprint density at radius 3 is 2.34 bits per heavy atom. The molecule has 1 unspecified atom stereocenters. The van der Waals surface area contributed by atoms with Crippen molar-refractivity contribution >= 4 is 16.9 Å². The molecule has 0 bridgehead atoms. The van der Waals surface area contributed by atoms with E-state index < -0.39 is 0 Å². The summed E-state index contributed by atoms with van der Waals surface area (Å²) in [5.41, 5.74) is 4.06. The largest absolute Gasteiger partial charge is 0.493 e. The molecule has 0 saturated carbocycles. The van der Waals surface area contributed by atoms with E-state index >= 15 is 0 Å². The molecule has 0 aliphatic heterocycles. The summed E-state index contributed by atoms with van der Waals surface area (Å²) >= 11 is 0. The van der Waals surface area contributed by atoms with E-state index in [1.165, 1.54) is 0 Å². The fraction of sp³-hybridized carbons (Fsp3) is 0.409. The second kappa shape index (κ2) is 8.11. The highest BCUT2D eigenvalue weighted by Gasteiger charge is 2.20. The third-order valence-corrected chi connectivity index (χ3v) is 5.01. The maximum absolute atomic E-state index is 13.1. The van der Waals surface area contributed by atoms with Crippen LogP contribution in [0.5, 0.6) is 11.5 Å². The van der Waals surface area contributed by atoms with E-state index in [-0.39, 0.29) is 18.0 Å². The molecule has 154 valence electrons. The molecule has 2 heterocycles. The van der Waals surface area contributed by atoms with Crippen LogP contribution in [0.4, 0.5) is 0 Å². The van der Waals surface area contributed by atoms with Crippen LogP contribution in [0.1, 0.15) is 60.0 Å². The van der Waals surface area contributed by atoms with Gasteiger partial charge in [0.05, 0.1) is 37.4 Å². The number of aromatic nitrogens is 3. The number of pyridine rings is 1. The Bertz CT molecular complexity index is 1060. The van der Waals surface area contributed by atoms with Gasteiger partial charge in [0.2, 0.25) is 0 Å².